The van der Waals surface area contributed by atoms with Gasteiger partial charge in [-0.05, 0) is 31.2 Å². The number of H-pyrrole nitrogens is 2. The first kappa shape index (κ1) is 14.4. The van der Waals surface area contributed by atoms with Crippen LogP contribution in [-0.2, 0) is 16.6 Å². The van der Waals surface area contributed by atoms with Crippen LogP contribution >= 0.6 is 0 Å². The molecule has 0 atom stereocenters. The van der Waals surface area contributed by atoms with E-state index >= 15 is 0 Å². The Labute approximate surface area is 116 Å². The van der Waals surface area contributed by atoms with Crippen LogP contribution in [-0.4, -0.2) is 25.2 Å². The minimum atomic E-state index is -3.62. The lowest BCUT2D eigenvalue weighted by molar-refractivity contribution is 0.340. The molecule has 7 nitrogen and oxygen atoms in total. The highest BCUT2D eigenvalue weighted by atomic mass is 32.2. The maximum Gasteiger partial charge on any atom is 0.264 e. The lowest BCUT2D eigenvalue weighted by Crippen LogP contribution is -2.23. The van der Waals surface area contributed by atoms with Gasteiger partial charge >= 0.3 is 0 Å². The predicted octanol–water partition coefficient (Wildman–Crippen LogP) is 0.580. The average molecular weight is 297 g/mol. The molecule has 0 radical (unpaired) electrons. The van der Waals surface area contributed by atoms with Gasteiger partial charge in [0.2, 0.25) is 10.0 Å². The Hall–Kier alpha value is -2.06. The fourth-order valence-electron chi connectivity index (χ4n) is 1.61. The summed E-state index contributed by atoms with van der Waals surface area (Å²) in [6, 6.07) is 7.41. The molecule has 1 aromatic carbocycles. The normalized spacial score (nSPS) is 11.4. The highest BCUT2D eigenvalue weighted by Gasteiger charge is 2.14. The Morgan fingerprint density at radius 2 is 1.90 bits per heavy atom. The number of aromatic amines is 2. The molecule has 2 aromatic rings. The van der Waals surface area contributed by atoms with Gasteiger partial charge in [0.05, 0.1) is 23.7 Å². The Balaban J connectivity index is 2.07. The lowest BCUT2D eigenvalue weighted by Gasteiger charge is -2.07. The fourth-order valence-corrected chi connectivity index (χ4v) is 2.61. The van der Waals surface area contributed by atoms with Crippen molar-refractivity contribution in [3.8, 4) is 5.75 Å². The highest BCUT2D eigenvalue weighted by Crippen LogP contribution is 2.15. The Kier molecular flexibility index (Phi) is 4.26. The Morgan fingerprint density at radius 1 is 1.20 bits per heavy atom. The van der Waals surface area contributed by atoms with Gasteiger partial charge in [0.25, 0.3) is 5.56 Å². The first-order chi connectivity index (χ1) is 9.51. The summed E-state index contributed by atoms with van der Waals surface area (Å²) in [5, 5.41) is 4.91. The van der Waals surface area contributed by atoms with Gasteiger partial charge in [0.15, 0.2) is 0 Å². The second-order valence-corrected chi connectivity index (χ2v) is 5.78. The second-order valence-electron chi connectivity index (χ2n) is 4.01. The van der Waals surface area contributed by atoms with Gasteiger partial charge < -0.3 is 9.84 Å². The van der Waals surface area contributed by atoms with E-state index in [9.17, 15) is 13.2 Å². The minimum absolute atomic E-state index is 0.00822. The van der Waals surface area contributed by atoms with E-state index in [-0.39, 0.29) is 17.0 Å². The van der Waals surface area contributed by atoms with Crippen molar-refractivity contribution in [1.82, 2.24) is 14.9 Å². The first-order valence-electron chi connectivity index (χ1n) is 6.00. The average Bonchev–Trinajstić information content (AvgIpc) is 2.84. The molecule has 2 rings (SSSR count). The van der Waals surface area contributed by atoms with Crippen LogP contribution in [0.15, 0.2) is 40.0 Å². The molecule has 0 spiro atoms. The summed E-state index contributed by atoms with van der Waals surface area (Å²) in [5.74, 6) is 0.612. The molecular weight excluding hydrogens is 282 g/mol. The van der Waals surface area contributed by atoms with Crippen LogP contribution in [0.2, 0.25) is 0 Å². The number of ether oxygens (including phenoxy) is 1. The lowest BCUT2D eigenvalue weighted by atomic mass is 10.3. The predicted molar refractivity (Wildman–Crippen MR) is 73.0 cm³/mol. The summed E-state index contributed by atoms with van der Waals surface area (Å²) in [7, 11) is -3.62. The zero-order chi connectivity index (χ0) is 14.6. The number of benzene rings is 1. The summed E-state index contributed by atoms with van der Waals surface area (Å²) < 4.78 is 31.7. The van der Waals surface area contributed by atoms with Crippen LogP contribution in [0.25, 0.3) is 0 Å². The van der Waals surface area contributed by atoms with E-state index in [4.69, 9.17) is 4.74 Å². The van der Waals surface area contributed by atoms with E-state index in [2.05, 4.69) is 14.9 Å². The zero-order valence-corrected chi connectivity index (χ0v) is 11.7. The van der Waals surface area contributed by atoms with E-state index in [1.54, 1.807) is 12.1 Å². The molecule has 0 aliphatic heterocycles. The van der Waals surface area contributed by atoms with E-state index in [1.807, 2.05) is 6.92 Å². The standard InChI is InChI=1S/C12H15N3O4S/c1-2-19-10-3-5-11(6-4-10)20(17,18)13-8-9-7-12(16)15-14-9/h3-7,13H,2,8H2,1H3,(H2,14,15,16). The molecule has 1 heterocycles. The van der Waals surface area contributed by atoms with Gasteiger partial charge in [-0.2, -0.15) is 0 Å². The van der Waals surface area contributed by atoms with Crippen LogP contribution in [0.4, 0.5) is 0 Å². The molecule has 0 bridgehead atoms. The molecule has 0 aliphatic rings. The number of aromatic nitrogens is 2. The topological polar surface area (TPSA) is 104 Å². The fraction of sp³-hybridized carbons (Fsp3) is 0.250. The number of sulfonamides is 1. The second kappa shape index (κ2) is 5.93. The van der Waals surface area contributed by atoms with Crippen molar-refractivity contribution >= 4 is 10.0 Å². The van der Waals surface area contributed by atoms with Gasteiger partial charge in [-0.1, -0.05) is 0 Å². The molecule has 0 aliphatic carbocycles. The molecule has 0 unspecified atom stereocenters. The molecule has 0 saturated heterocycles. The third-order valence-corrected chi connectivity index (χ3v) is 3.97. The number of nitrogens with one attached hydrogen (secondary N) is 3. The third-order valence-electron chi connectivity index (χ3n) is 2.55. The van der Waals surface area contributed by atoms with Crippen molar-refractivity contribution in [3.63, 3.8) is 0 Å². The maximum atomic E-state index is 12.0. The largest absolute Gasteiger partial charge is 0.494 e. The molecular formula is C12H15N3O4S. The molecule has 0 fully saturated rings. The van der Waals surface area contributed by atoms with E-state index in [0.29, 0.717) is 18.1 Å². The number of rotatable bonds is 6. The Bertz CT molecular complexity index is 716. The van der Waals surface area contributed by atoms with Crippen molar-refractivity contribution in [2.45, 2.75) is 18.4 Å². The molecule has 20 heavy (non-hydrogen) atoms. The van der Waals surface area contributed by atoms with Gasteiger partial charge in [-0.15, -0.1) is 0 Å². The molecule has 1 aromatic heterocycles. The highest BCUT2D eigenvalue weighted by molar-refractivity contribution is 7.89. The van der Waals surface area contributed by atoms with Crippen LogP contribution in [0.5, 0.6) is 5.75 Å². The van der Waals surface area contributed by atoms with Crippen LogP contribution < -0.4 is 15.0 Å². The quantitative estimate of drug-likeness (QED) is 0.725. The smallest absolute Gasteiger partial charge is 0.264 e. The molecule has 0 amide bonds. The van der Waals surface area contributed by atoms with Crippen molar-refractivity contribution in [3.05, 3.63) is 46.4 Å². The Morgan fingerprint density at radius 3 is 2.45 bits per heavy atom. The van der Waals surface area contributed by atoms with Crippen molar-refractivity contribution in [2.75, 3.05) is 6.61 Å². The van der Waals surface area contributed by atoms with Gasteiger partial charge in [0, 0.05) is 6.07 Å². The summed E-state index contributed by atoms with van der Waals surface area (Å²) in [5.41, 5.74) is 0.157. The van der Waals surface area contributed by atoms with Crippen molar-refractivity contribution < 1.29 is 13.2 Å². The summed E-state index contributed by atoms with van der Waals surface area (Å²) in [6.45, 7) is 2.38. The van der Waals surface area contributed by atoms with Crippen LogP contribution in [0.1, 0.15) is 12.6 Å². The first-order valence-corrected chi connectivity index (χ1v) is 7.48. The molecule has 108 valence electrons. The van der Waals surface area contributed by atoms with Crippen molar-refractivity contribution in [1.29, 1.82) is 0 Å². The third kappa shape index (κ3) is 3.49. The van der Waals surface area contributed by atoms with Crippen LogP contribution in [0.3, 0.4) is 0 Å². The minimum Gasteiger partial charge on any atom is -0.494 e. The van der Waals surface area contributed by atoms with E-state index < -0.39 is 10.0 Å². The summed E-state index contributed by atoms with van der Waals surface area (Å²) in [4.78, 5) is 11.0. The van der Waals surface area contributed by atoms with E-state index in [0.717, 1.165) is 0 Å². The number of hydrogen-bond acceptors (Lipinski definition) is 4. The molecule has 8 heteroatoms. The maximum absolute atomic E-state index is 12.0. The summed E-state index contributed by atoms with van der Waals surface area (Å²) in [6.07, 6.45) is 0. The monoisotopic (exact) mass is 297 g/mol. The van der Waals surface area contributed by atoms with Gasteiger partial charge in [-0.3, -0.25) is 9.89 Å². The summed E-state index contributed by atoms with van der Waals surface area (Å²) >= 11 is 0. The zero-order valence-electron chi connectivity index (χ0n) is 10.8. The number of hydrogen-bond donors (Lipinski definition) is 3. The van der Waals surface area contributed by atoms with Gasteiger partial charge in [-0.25, -0.2) is 13.1 Å². The van der Waals surface area contributed by atoms with Gasteiger partial charge in [0.1, 0.15) is 5.75 Å². The molecule has 3 N–H and O–H groups in total. The van der Waals surface area contributed by atoms with E-state index in [1.165, 1.54) is 18.2 Å². The van der Waals surface area contributed by atoms with Crippen molar-refractivity contribution in [2.24, 2.45) is 0 Å². The SMILES string of the molecule is CCOc1ccc(S(=O)(=O)NCc2cc(=O)[nH][nH]2)cc1. The van der Waals surface area contributed by atoms with Crippen LogP contribution in [0, 0.1) is 0 Å². The molecule has 0 saturated carbocycles.